The molecule has 4 nitrogen and oxygen atoms in total. The number of aliphatic hydroxyl groups excluding tert-OH is 1. The highest BCUT2D eigenvalue weighted by molar-refractivity contribution is 9.10. The SMILES string of the molecule is NC(CO)c1ccc(S(=O)(=O)C2CC2)c(Br)c1. The van der Waals surface area contributed by atoms with E-state index >= 15 is 0 Å². The Kier molecular flexibility index (Phi) is 3.58. The van der Waals surface area contributed by atoms with E-state index < -0.39 is 15.9 Å². The van der Waals surface area contributed by atoms with Crippen LogP contribution in [0.3, 0.4) is 0 Å². The second kappa shape index (κ2) is 4.68. The summed E-state index contributed by atoms with van der Waals surface area (Å²) >= 11 is 3.26. The maximum atomic E-state index is 12.1. The molecule has 94 valence electrons. The third kappa shape index (κ3) is 2.54. The van der Waals surface area contributed by atoms with Crippen molar-refractivity contribution in [3.05, 3.63) is 28.2 Å². The number of aliphatic hydroxyl groups is 1. The third-order valence-electron chi connectivity index (χ3n) is 2.85. The van der Waals surface area contributed by atoms with Crippen LogP contribution in [0, 0.1) is 0 Å². The summed E-state index contributed by atoms with van der Waals surface area (Å²) in [5.41, 5.74) is 6.39. The summed E-state index contributed by atoms with van der Waals surface area (Å²) in [5, 5.41) is 8.72. The van der Waals surface area contributed by atoms with Crippen LogP contribution in [0.25, 0.3) is 0 Å². The van der Waals surface area contributed by atoms with Crippen molar-refractivity contribution in [1.82, 2.24) is 0 Å². The zero-order valence-corrected chi connectivity index (χ0v) is 11.5. The van der Waals surface area contributed by atoms with Gasteiger partial charge < -0.3 is 10.8 Å². The highest BCUT2D eigenvalue weighted by Crippen LogP contribution is 2.37. The van der Waals surface area contributed by atoms with Crippen molar-refractivity contribution in [2.75, 3.05) is 6.61 Å². The zero-order valence-electron chi connectivity index (χ0n) is 9.14. The molecule has 0 bridgehead atoms. The van der Waals surface area contributed by atoms with E-state index in [1.165, 1.54) is 0 Å². The Morgan fingerprint density at radius 3 is 2.59 bits per heavy atom. The molecule has 0 aliphatic heterocycles. The highest BCUT2D eigenvalue weighted by Gasteiger charge is 2.37. The summed E-state index contributed by atoms with van der Waals surface area (Å²) in [5.74, 6) is 0. The minimum atomic E-state index is -3.20. The summed E-state index contributed by atoms with van der Waals surface area (Å²) in [4.78, 5) is 0.314. The number of hydrogen-bond donors (Lipinski definition) is 2. The van der Waals surface area contributed by atoms with Gasteiger partial charge in [-0.25, -0.2) is 8.42 Å². The molecule has 17 heavy (non-hydrogen) atoms. The van der Waals surface area contributed by atoms with E-state index in [-0.39, 0.29) is 11.9 Å². The summed E-state index contributed by atoms with van der Waals surface area (Å²) in [6.45, 7) is -0.166. The van der Waals surface area contributed by atoms with Crippen molar-refractivity contribution in [3.8, 4) is 0 Å². The van der Waals surface area contributed by atoms with Crippen molar-refractivity contribution in [2.45, 2.75) is 29.0 Å². The van der Waals surface area contributed by atoms with Gasteiger partial charge >= 0.3 is 0 Å². The second-order valence-corrected chi connectivity index (χ2v) is 7.27. The average Bonchev–Trinajstić information content (AvgIpc) is 3.11. The van der Waals surface area contributed by atoms with Crippen LogP contribution in [-0.4, -0.2) is 25.4 Å². The Labute approximate surface area is 109 Å². The van der Waals surface area contributed by atoms with Crippen LogP contribution in [0.2, 0.25) is 0 Å². The molecule has 0 amide bonds. The molecule has 6 heteroatoms. The topological polar surface area (TPSA) is 80.4 Å². The van der Waals surface area contributed by atoms with Gasteiger partial charge in [0.2, 0.25) is 0 Å². The number of benzene rings is 1. The van der Waals surface area contributed by atoms with Gasteiger partial charge in [-0.05, 0) is 46.5 Å². The van der Waals surface area contributed by atoms with E-state index in [0.717, 1.165) is 12.8 Å². The molecule has 1 aromatic carbocycles. The Morgan fingerprint density at radius 2 is 2.12 bits per heavy atom. The van der Waals surface area contributed by atoms with E-state index in [2.05, 4.69) is 15.9 Å². The van der Waals surface area contributed by atoms with Gasteiger partial charge in [-0.1, -0.05) is 6.07 Å². The van der Waals surface area contributed by atoms with Crippen molar-refractivity contribution in [2.24, 2.45) is 5.73 Å². The number of nitrogens with two attached hydrogens (primary N) is 1. The fourth-order valence-corrected chi connectivity index (χ4v) is 4.42. The molecule has 1 unspecified atom stereocenters. The first-order chi connectivity index (χ1) is 7.96. The predicted molar refractivity (Wildman–Crippen MR) is 68.4 cm³/mol. The Hall–Kier alpha value is -0.430. The Morgan fingerprint density at radius 1 is 1.47 bits per heavy atom. The maximum Gasteiger partial charge on any atom is 0.182 e. The molecule has 3 N–H and O–H groups in total. The van der Waals surface area contributed by atoms with Gasteiger partial charge in [0.25, 0.3) is 0 Å². The van der Waals surface area contributed by atoms with Crippen LogP contribution < -0.4 is 5.73 Å². The van der Waals surface area contributed by atoms with E-state index in [0.29, 0.717) is 14.9 Å². The summed E-state index contributed by atoms with van der Waals surface area (Å²) < 4.78 is 24.6. The highest BCUT2D eigenvalue weighted by atomic mass is 79.9. The van der Waals surface area contributed by atoms with Crippen LogP contribution in [0.1, 0.15) is 24.4 Å². The smallest absolute Gasteiger partial charge is 0.182 e. The molecule has 0 heterocycles. The van der Waals surface area contributed by atoms with Gasteiger partial charge in [-0.3, -0.25) is 0 Å². The van der Waals surface area contributed by atoms with Crippen molar-refractivity contribution in [3.63, 3.8) is 0 Å². The fourth-order valence-electron chi connectivity index (χ4n) is 1.64. The van der Waals surface area contributed by atoms with Crippen LogP contribution >= 0.6 is 15.9 Å². The lowest BCUT2D eigenvalue weighted by molar-refractivity contribution is 0.268. The van der Waals surface area contributed by atoms with Gasteiger partial charge in [0.1, 0.15) is 0 Å². The Bertz CT molecular complexity index is 526. The van der Waals surface area contributed by atoms with Gasteiger partial charge in [-0.2, -0.15) is 0 Å². The monoisotopic (exact) mass is 319 g/mol. The van der Waals surface area contributed by atoms with E-state index in [9.17, 15) is 8.42 Å². The van der Waals surface area contributed by atoms with E-state index in [1.807, 2.05) is 0 Å². The van der Waals surface area contributed by atoms with E-state index in [4.69, 9.17) is 10.8 Å². The molecule has 1 saturated carbocycles. The number of hydrogen-bond acceptors (Lipinski definition) is 4. The molecule has 0 aromatic heterocycles. The van der Waals surface area contributed by atoms with Crippen molar-refractivity contribution < 1.29 is 13.5 Å². The minimum absolute atomic E-state index is 0.166. The van der Waals surface area contributed by atoms with Gasteiger partial charge in [0, 0.05) is 4.47 Å². The van der Waals surface area contributed by atoms with Crippen LogP contribution in [0.5, 0.6) is 0 Å². The maximum absolute atomic E-state index is 12.1. The summed E-state index contributed by atoms with van der Waals surface area (Å²) in [7, 11) is -3.20. The molecule has 1 aromatic rings. The lowest BCUT2D eigenvalue weighted by Crippen LogP contribution is -2.15. The first-order valence-electron chi connectivity index (χ1n) is 5.36. The molecule has 1 aliphatic rings. The van der Waals surface area contributed by atoms with Crippen LogP contribution in [0.15, 0.2) is 27.6 Å². The molecular formula is C11H14BrNO3S. The fraction of sp³-hybridized carbons (Fsp3) is 0.455. The lowest BCUT2D eigenvalue weighted by Gasteiger charge is -2.11. The molecule has 1 fully saturated rings. The summed E-state index contributed by atoms with van der Waals surface area (Å²) in [6, 6.07) is 4.39. The number of rotatable bonds is 4. The molecule has 1 atom stereocenters. The second-order valence-electron chi connectivity index (χ2n) is 4.22. The van der Waals surface area contributed by atoms with Crippen molar-refractivity contribution in [1.29, 1.82) is 0 Å². The van der Waals surface area contributed by atoms with Gasteiger partial charge in [0.15, 0.2) is 9.84 Å². The largest absolute Gasteiger partial charge is 0.394 e. The van der Waals surface area contributed by atoms with Gasteiger partial charge in [0.05, 0.1) is 22.8 Å². The van der Waals surface area contributed by atoms with Crippen LogP contribution in [-0.2, 0) is 9.84 Å². The summed E-state index contributed by atoms with van der Waals surface area (Å²) in [6.07, 6.45) is 1.49. The molecule has 1 aliphatic carbocycles. The first-order valence-corrected chi connectivity index (χ1v) is 7.70. The first kappa shape index (κ1) is 13.0. The third-order valence-corrected chi connectivity index (χ3v) is 6.09. The number of halogens is 1. The lowest BCUT2D eigenvalue weighted by atomic mass is 10.1. The molecule has 0 spiro atoms. The molecule has 0 radical (unpaired) electrons. The minimum Gasteiger partial charge on any atom is -0.394 e. The normalized spacial score (nSPS) is 18.1. The Balaban J connectivity index is 2.38. The standard InChI is InChI=1S/C11H14BrNO3S/c12-9-5-7(10(13)6-14)1-4-11(9)17(15,16)8-2-3-8/h1,4-5,8,10,14H,2-3,6,13H2. The van der Waals surface area contributed by atoms with Crippen LogP contribution in [0.4, 0.5) is 0 Å². The van der Waals surface area contributed by atoms with E-state index in [1.54, 1.807) is 18.2 Å². The number of sulfone groups is 1. The quantitative estimate of drug-likeness (QED) is 0.878. The van der Waals surface area contributed by atoms with Gasteiger partial charge in [-0.15, -0.1) is 0 Å². The molecular weight excluding hydrogens is 306 g/mol. The predicted octanol–water partition coefficient (Wildman–Crippen LogP) is 1.38. The van der Waals surface area contributed by atoms with Crippen molar-refractivity contribution >= 4 is 25.8 Å². The molecule has 2 rings (SSSR count). The molecule has 0 saturated heterocycles. The zero-order chi connectivity index (χ0) is 12.6. The average molecular weight is 320 g/mol.